The standard InChI is InChI=1S/C7H5BrN2O2S/c8-4-1-5-7(9-2-4)13(12)3-6(11)10-5/h1-2H,3H2,(H,10,11). The van der Waals surface area contributed by atoms with E-state index in [9.17, 15) is 9.00 Å². The Kier molecular flexibility index (Phi) is 2.17. The van der Waals surface area contributed by atoms with E-state index in [4.69, 9.17) is 0 Å². The summed E-state index contributed by atoms with van der Waals surface area (Å²) in [5.74, 6) is -0.229. The van der Waals surface area contributed by atoms with E-state index >= 15 is 0 Å². The molecule has 0 aromatic carbocycles. The SMILES string of the molecule is O=C1CS(=O)c2ncc(Br)cc2N1. The molecule has 0 spiro atoms. The number of aromatic nitrogens is 1. The largest absolute Gasteiger partial charge is 0.323 e. The lowest BCUT2D eigenvalue weighted by Gasteiger charge is -2.14. The van der Waals surface area contributed by atoms with E-state index in [1.54, 1.807) is 12.3 Å². The first kappa shape index (κ1) is 8.83. The molecule has 2 heterocycles. The number of anilines is 1. The monoisotopic (exact) mass is 260 g/mol. The van der Waals surface area contributed by atoms with Crippen LogP contribution in [0.4, 0.5) is 5.69 Å². The fourth-order valence-electron chi connectivity index (χ4n) is 1.07. The van der Waals surface area contributed by atoms with Crippen LogP contribution >= 0.6 is 15.9 Å². The molecule has 2 rings (SSSR count). The molecule has 0 saturated carbocycles. The van der Waals surface area contributed by atoms with Gasteiger partial charge in [0.1, 0.15) is 5.75 Å². The molecular formula is C7H5BrN2O2S. The Morgan fingerprint density at radius 2 is 2.38 bits per heavy atom. The first-order valence-corrected chi connectivity index (χ1v) is 5.62. The van der Waals surface area contributed by atoms with Crippen molar-refractivity contribution in [1.82, 2.24) is 4.98 Å². The highest BCUT2D eigenvalue weighted by Crippen LogP contribution is 2.24. The van der Waals surface area contributed by atoms with E-state index in [-0.39, 0.29) is 11.7 Å². The summed E-state index contributed by atoms with van der Waals surface area (Å²) in [5.41, 5.74) is 0.531. The number of amides is 1. The van der Waals surface area contributed by atoms with Crippen molar-refractivity contribution in [3.8, 4) is 0 Å². The Morgan fingerprint density at radius 1 is 1.62 bits per heavy atom. The lowest BCUT2D eigenvalue weighted by Crippen LogP contribution is -2.26. The molecule has 1 aromatic rings. The number of carbonyl (C=O) groups is 1. The van der Waals surface area contributed by atoms with Crippen molar-refractivity contribution in [2.24, 2.45) is 0 Å². The molecule has 1 aliphatic rings. The first-order valence-electron chi connectivity index (χ1n) is 3.50. The zero-order chi connectivity index (χ0) is 9.42. The summed E-state index contributed by atoms with van der Waals surface area (Å²) in [6, 6.07) is 1.69. The van der Waals surface area contributed by atoms with Crippen molar-refractivity contribution in [2.45, 2.75) is 5.03 Å². The fraction of sp³-hybridized carbons (Fsp3) is 0.143. The molecule has 0 fully saturated rings. The second-order valence-electron chi connectivity index (χ2n) is 2.54. The molecule has 0 aliphatic carbocycles. The third-order valence-electron chi connectivity index (χ3n) is 1.57. The van der Waals surface area contributed by atoms with Crippen molar-refractivity contribution in [2.75, 3.05) is 11.1 Å². The molecule has 0 saturated heterocycles. The minimum atomic E-state index is -1.30. The highest BCUT2D eigenvalue weighted by atomic mass is 79.9. The van der Waals surface area contributed by atoms with Gasteiger partial charge in [-0.15, -0.1) is 0 Å². The van der Waals surface area contributed by atoms with Crippen LogP contribution in [0.25, 0.3) is 0 Å². The van der Waals surface area contributed by atoms with Crippen molar-refractivity contribution in [1.29, 1.82) is 0 Å². The third kappa shape index (κ3) is 1.64. The van der Waals surface area contributed by atoms with Gasteiger partial charge in [-0.2, -0.15) is 0 Å². The predicted molar refractivity (Wildman–Crippen MR) is 51.8 cm³/mol. The molecule has 68 valence electrons. The fourth-order valence-corrected chi connectivity index (χ4v) is 2.38. The van der Waals surface area contributed by atoms with Gasteiger partial charge in [0.2, 0.25) is 5.91 Å². The van der Waals surface area contributed by atoms with E-state index in [0.717, 1.165) is 4.47 Å². The normalized spacial score (nSPS) is 20.7. The molecule has 0 bridgehead atoms. The summed E-state index contributed by atoms with van der Waals surface area (Å²) in [5, 5.41) is 3.05. The van der Waals surface area contributed by atoms with Gasteiger partial charge in [-0.05, 0) is 22.0 Å². The van der Waals surface area contributed by atoms with Crippen LogP contribution in [-0.4, -0.2) is 20.9 Å². The van der Waals surface area contributed by atoms with E-state index < -0.39 is 10.8 Å². The first-order chi connectivity index (χ1) is 6.16. The van der Waals surface area contributed by atoms with E-state index in [1.165, 1.54) is 0 Å². The lowest BCUT2D eigenvalue weighted by atomic mass is 10.4. The average molecular weight is 261 g/mol. The molecule has 1 unspecified atom stereocenters. The number of nitrogens with zero attached hydrogens (tertiary/aromatic N) is 1. The maximum Gasteiger partial charge on any atom is 0.237 e. The summed E-state index contributed by atoms with van der Waals surface area (Å²) in [4.78, 5) is 15.0. The van der Waals surface area contributed by atoms with E-state index in [0.29, 0.717) is 10.7 Å². The number of hydrogen-bond donors (Lipinski definition) is 1. The number of carbonyl (C=O) groups excluding carboxylic acids is 1. The van der Waals surface area contributed by atoms with Gasteiger partial charge in [-0.25, -0.2) is 4.98 Å². The van der Waals surface area contributed by atoms with Gasteiger partial charge in [-0.3, -0.25) is 9.00 Å². The number of hydrogen-bond acceptors (Lipinski definition) is 3. The van der Waals surface area contributed by atoms with Crippen molar-refractivity contribution in [3.63, 3.8) is 0 Å². The van der Waals surface area contributed by atoms with Crippen LogP contribution in [0, 0.1) is 0 Å². The van der Waals surface area contributed by atoms with Crippen LogP contribution in [0.3, 0.4) is 0 Å². The zero-order valence-corrected chi connectivity index (χ0v) is 8.81. The van der Waals surface area contributed by atoms with Gasteiger partial charge >= 0.3 is 0 Å². The van der Waals surface area contributed by atoms with Gasteiger partial charge in [-0.1, -0.05) is 0 Å². The summed E-state index contributed by atoms with van der Waals surface area (Å²) >= 11 is 3.22. The van der Waals surface area contributed by atoms with Crippen molar-refractivity contribution in [3.05, 3.63) is 16.7 Å². The highest BCUT2D eigenvalue weighted by molar-refractivity contribution is 9.10. The molecule has 1 aliphatic heterocycles. The molecule has 13 heavy (non-hydrogen) atoms. The summed E-state index contributed by atoms with van der Waals surface area (Å²) in [7, 11) is -1.30. The van der Waals surface area contributed by atoms with Gasteiger partial charge in [0.25, 0.3) is 0 Å². The van der Waals surface area contributed by atoms with Gasteiger partial charge in [0.05, 0.1) is 16.5 Å². The van der Waals surface area contributed by atoms with E-state index in [1.807, 2.05) is 0 Å². The average Bonchev–Trinajstić information content (AvgIpc) is 2.02. The Hall–Kier alpha value is -0.750. The molecule has 4 nitrogen and oxygen atoms in total. The highest BCUT2D eigenvalue weighted by Gasteiger charge is 2.22. The molecule has 6 heteroatoms. The van der Waals surface area contributed by atoms with Crippen molar-refractivity contribution < 1.29 is 9.00 Å². The Labute approximate surface area is 85.3 Å². The summed E-state index contributed by atoms with van der Waals surface area (Å²) < 4.78 is 12.1. The molecule has 1 amide bonds. The Morgan fingerprint density at radius 3 is 3.15 bits per heavy atom. The van der Waals surface area contributed by atoms with Crippen LogP contribution in [0.2, 0.25) is 0 Å². The number of fused-ring (bicyclic) bond motifs is 1. The smallest absolute Gasteiger partial charge is 0.237 e. The second kappa shape index (κ2) is 3.19. The minimum Gasteiger partial charge on any atom is -0.323 e. The van der Waals surface area contributed by atoms with Crippen LogP contribution in [0.1, 0.15) is 0 Å². The van der Waals surface area contributed by atoms with Crippen LogP contribution < -0.4 is 5.32 Å². The lowest BCUT2D eigenvalue weighted by molar-refractivity contribution is -0.114. The van der Waals surface area contributed by atoms with E-state index in [2.05, 4.69) is 26.2 Å². The molecular weight excluding hydrogens is 256 g/mol. The summed E-state index contributed by atoms with van der Waals surface area (Å²) in [6.45, 7) is 0. The number of nitrogens with one attached hydrogen (secondary N) is 1. The zero-order valence-electron chi connectivity index (χ0n) is 6.41. The molecule has 1 aromatic heterocycles. The molecule has 1 N–H and O–H groups in total. The topological polar surface area (TPSA) is 59.1 Å². The van der Waals surface area contributed by atoms with Gasteiger partial charge < -0.3 is 5.32 Å². The number of rotatable bonds is 0. The summed E-state index contributed by atoms with van der Waals surface area (Å²) in [6.07, 6.45) is 1.56. The quantitative estimate of drug-likeness (QED) is 0.755. The number of halogens is 1. The van der Waals surface area contributed by atoms with Crippen molar-refractivity contribution >= 4 is 38.3 Å². The maximum atomic E-state index is 11.4. The Balaban J connectivity index is 2.55. The molecule has 0 radical (unpaired) electrons. The predicted octanol–water partition coefficient (Wildman–Crippen LogP) is 0.904. The van der Waals surface area contributed by atoms with Crippen LogP contribution in [0.15, 0.2) is 21.8 Å². The second-order valence-corrected chi connectivity index (χ2v) is 4.83. The Bertz CT molecular complexity index is 407. The maximum absolute atomic E-state index is 11.4. The third-order valence-corrected chi connectivity index (χ3v) is 3.28. The van der Waals surface area contributed by atoms with Crippen LogP contribution in [-0.2, 0) is 15.6 Å². The van der Waals surface area contributed by atoms with Crippen LogP contribution in [0.5, 0.6) is 0 Å². The van der Waals surface area contributed by atoms with Gasteiger partial charge in [0, 0.05) is 10.7 Å². The molecule has 1 atom stereocenters. The minimum absolute atomic E-state index is 0.00162. The number of pyridine rings is 1. The van der Waals surface area contributed by atoms with Gasteiger partial charge in [0.15, 0.2) is 5.03 Å².